The van der Waals surface area contributed by atoms with Gasteiger partial charge in [0.1, 0.15) is 6.29 Å². The van der Waals surface area contributed by atoms with E-state index in [-0.39, 0.29) is 24.1 Å². The highest BCUT2D eigenvalue weighted by molar-refractivity contribution is 6.74. The summed E-state index contributed by atoms with van der Waals surface area (Å²) in [5.41, 5.74) is 0. The van der Waals surface area contributed by atoms with Crippen molar-refractivity contribution in [3.8, 4) is 0 Å². The van der Waals surface area contributed by atoms with Crippen LogP contribution in [0.4, 0.5) is 4.79 Å². The molecular weight excluding hydrogens is 238 g/mol. The molecule has 0 saturated heterocycles. The Balaban J connectivity index is 4.52. The molecule has 6 heteroatoms. The fourth-order valence-corrected chi connectivity index (χ4v) is 2.44. The summed E-state index contributed by atoms with van der Waals surface area (Å²) in [6.07, 6.45) is -0.488. The third-order valence-electron chi connectivity index (χ3n) is 3.11. The summed E-state index contributed by atoms with van der Waals surface area (Å²) in [4.78, 5) is 21.0. The van der Waals surface area contributed by atoms with Gasteiger partial charge in [-0.25, -0.2) is 4.79 Å². The van der Waals surface area contributed by atoms with Crippen LogP contribution in [-0.2, 0) is 9.22 Å². The van der Waals surface area contributed by atoms with E-state index in [9.17, 15) is 9.59 Å². The first-order valence-electron chi connectivity index (χ1n) is 5.68. The molecule has 0 aromatic rings. The Kier molecular flexibility index (Phi) is 5.84. The molecular formula is C11H23NO4Si. The molecule has 0 aliphatic carbocycles. The molecule has 2 N–H and O–H groups in total. The van der Waals surface area contributed by atoms with Gasteiger partial charge in [-0.05, 0) is 18.1 Å². The highest BCUT2D eigenvalue weighted by atomic mass is 28.4. The zero-order chi connectivity index (χ0) is 13.7. The van der Waals surface area contributed by atoms with Crippen LogP contribution in [0.2, 0.25) is 18.1 Å². The van der Waals surface area contributed by atoms with Crippen LogP contribution in [0.15, 0.2) is 0 Å². The number of carbonyl (C=O) groups is 2. The van der Waals surface area contributed by atoms with Gasteiger partial charge in [0.2, 0.25) is 0 Å². The normalized spacial score (nSPS) is 14.2. The lowest BCUT2D eigenvalue weighted by Gasteiger charge is -2.38. The second kappa shape index (κ2) is 6.16. The Hall–Kier alpha value is -0.883. The van der Waals surface area contributed by atoms with Gasteiger partial charge in [0.25, 0.3) is 0 Å². The Bertz CT molecular complexity index is 273. The van der Waals surface area contributed by atoms with Crippen molar-refractivity contribution in [2.75, 3.05) is 6.54 Å². The highest BCUT2D eigenvalue weighted by Gasteiger charge is 2.39. The van der Waals surface area contributed by atoms with Gasteiger partial charge >= 0.3 is 6.09 Å². The topological polar surface area (TPSA) is 75.6 Å². The van der Waals surface area contributed by atoms with E-state index >= 15 is 0 Å². The first kappa shape index (κ1) is 16.1. The molecule has 0 rings (SSSR count). The van der Waals surface area contributed by atoms with Crippen LogP contribution in [0.1, 0.15) is 27.2 Å². The maximum absolute atomic E-state index is 10.6. The molecule has 17 heavy (non-hydrogen) atoms. The van der Waals surface area contributed by atoms with Gasteiger partial charge in [0.15, 0.2) is 8.32 Å². The Labute approximate surface area is 104 Å². The SMILES string of the molecule is CC(C)(C)[Si](C)(C)OC(CC=O)CNC(=O)O. The van der Waals surface area contributed by atoms with Crippen molar-refractivity contribution in [1.29, 1.82) is 0 Å². The van der Waals surface area contributed by atoms with Crippen molar-refractivity contribution in [1.82, 2.24) is 5.32 Å². The minimum Gasteiger partial charge on any atom is -0.465 e. The zero-order valence-electron chi connectivity index (χ0n) is 11.2. The van der Waals surface area contributed by atoms with E-state index in [2.05, 4.69) is 39.2 Å². The molecule has 5 nitrogen and oxygen atoms in total. The minimum atomic E-state index is -1.97. The van der Waals surface area contributed by atoms with Gasteiger partial charge in [-0.1, -0.05) is 20.8 Å². The van der Waals surface area contributed by atoms with Gasteiger partial charge in [-0.15, -0.1) is 0 Å². The molecule has 0 aromatic carbocycles. The summed E-state index contributed by atoms with van der Waals surface area (Å²) in [6, 6.07) is 0. The number of aldehydes is 1. The quantitative estimate of drug-likeness (QED) is 0.568. The molecule has 0 fully saturated rings. The van der Waals surface area contributed by atoms with Crippen molar-refractivity contribution in [3.63, 3.8) is 0 Å². The zero-order valence-corrected chi connectivity index (χ0v) is 12.2. The first-order valence-corrected chi connectivity index (χ1v) is 8.59. The Morgan fingerprint density at radius 3 is 2.35 bits per heavy atom. The summed E-state index contributed by atoms with van der Waals surface area (Å²) in [7, 11) is -1.97. The second-order valence-electron chi connectivity index (χ2n) is 5.59. The largest absolute Gasteiger partial charge is 0.465 e. The van der Waals surface area contributed by atoms with Gasteiger partial charge in [0, 0.05) is 13.0 Å². The maximum Gasteiger partial charge on any atom is 0.404 e. The van der Waals surface area contributed by atoms with Crippen molar-refractivity contribution >= 4 is 20.7 Å². The molecule has 1 amide bonds. The van der Waals surface area contributed by atoms with E-state index in [1.165, 1.54) is 0 Å². The van der Waals surface area contributed by atoms with Crippen LogP contribution < -0.4 is 5.32 Å². The lowest BCUT2D eigenvalue weighted by Crippen LogP contribution is -2.47. The molecule has 0 heterocycles. The lowest BCUT2D eigenvalue weighted by atomic mass is 10.2. The van der Waals surface area contributed by atoms with Gasteiger partial charge in [-0.2, -0.15) is 0 Å². The fraction of sp³-hybridized carbons (Fsp3) is 0.818. The molecule has 1 unspecified atom stereocenters. The van der Waals surface area contributed by atoms with Crippen molar-refractivity contribution in [2.45, 2.75) is 51.4 Å². The maximum atomic E-state index is 10.6. The third-order valence-corrected chi connectivity index (χ3v) is 7.64. The second-order valence-corrected chi connectivity index (χ2v) is 10.3. The number of rotatable bonds is 6. The van der Waals surface area contributed by atoms with Crippen LogP contribution in [0, 0.1) is 0 Å². The molecule has 0 bridgehead atoms. The van der Waals surface area contributed by atoms with Gasteiger partial charge in [-0.3, -0.25) is 0 Å². The van der Waals surface area contributed by atoms with Gasteiger partial charge in [0.05, 0.1) is 6.10 Å². The van der Waals surface area contributed by atoms with Crippen LogP contribution in [0.5, 0.6) is 0 Å². The van der Waals surface area contributed by atoms with E-state index < -0.39 is 14.4 Å². The number of amides is 1. The standard InChI is InChI=1S/C11H23NO4Si/c1-11(2,3)17(4,5)16-9(6-7-13)8-12-10(14)15/h7,9,12H,6,8H2,1-5H3,(H,14,15). The summed E-state index contributed by atoms with van der Waals surface area (Å²) < 4.78 is 5.98. The monoisotopic (exact) mass is 261 g/mol. The summed E-state index contributed by atoms with van der Waals surface area (Å²) in [5.74, 6) is 0. The molecule has 100 valence electrons. The summed E-state index contributed by atoms with van der Waals surface area (Å²) in [5, 5.41) is 10.8. The first-order chi connectivity index (χ1) is 7.60. The average Bonchev–Trinajstić information content (AvgIpc) is 2.12. The fourth-order valence-electron chi connectivity index (χ4n) is 1.08. The van der Waals surface area contributed by atoms with Crippen molar-refractivity contribution in [3.05, 3.63) is 0 Å². The van der Waals surface area contributed by atoms with E-state index in [1.54, 1.807) is 0 Å². The van der Waals surface area contributed by atoms with E-state index in [0.29, 0.717) is 0 Å². The van der Waals surface area contributed by atoms with E-state index in [0.717, 1.165) is 6.29 Å². The van der Waals surface area contributed by atoms with Crippen molar-refractivity contribution < 1.29 is 19.1 Å². The highest BCUT2D eigenvalue weighted by Crippen LogP contribution is 2.37. The van der Waals surface area contributed by atoms with Crippen LogP contribution in [-0.4, -0.2) is 38.5 Å². The number of carboxylic acid groups (broad SMARTS) is 1. The van der Waals surface area contributed by atoms with Crippen LogP contribution >= 0.6 is 0 Å². The number of hydrogen-bond acceptors (Lipinski definition) is 3. The molecule has 0 radical (unpaired) electrons. The number of hydrogen-bond donors (Lipinski definition) is 2. The molecule has 0 spiro atoms. The lowest BCUT2D eigenvalue weighted by molar-refractivity contribution is -0.109. The van der Waals surface area contributed by atoms with Crippen LogP contribution in [0.25, 0.3) is 0 Å². The number of nitrogens with one attached hydrogen (secondary N) is 1. The van der Waals surface area contributed by atoms with E-state index in [4.69, 9.17) is 9.53 Å². The Morgan fingerprint density at radius 1 is 1.47 bits per heavy atom. The van der Waals surface area contributed by atoms with Crippen molar-refractivity contribution in [2.24, 2.45) is 0 Å². The molecule has 1 atom stereocenters. The predicted octanol–water partition coefficient (Wildman–Crippen LogP) is 2.23. The third kappa shape index (κ3) is 5.83. The molecule has 0 saturated carbocycles. The molecule has 0 aromatic heterocycles. The summed E-state index contributed by atoms with van der Waals surface area (Å²) in [6.45, 7) is 10.6. The molecule has 0 aliphatic heterocycles. The predicted molar refractivity (Wildman–Crippen MR) is 68.8 cm³/mol. The Morgan fingerprint density at radius 2 is 2.00 bits per heavy atom. The summed E-state index contributed by atoms with van der Waals surface area (Å²) >= 11 is 0. The molecule has 0 aliphatic rings. The number of carbonyl (C=O) groups excluding carboxylic acids is 1. The van der Waals surface area contributed by atoms with E-state index in [1.807, 2.05) is 0 Å². The average molecular weight is 261 g/mol. The van der Waals surface area contributed by atoms with Gasteiger partial charge < -0.3 is 19.6 Å². The smallest absolute Gasteiger partial charge is 0.404 e. The van der Waals surface area contributed by atoms with Crippen LogP contribution in [0.3, 0.4) is 0 Å². The minimum absolute atomic E-state index is 0.0390.